The number of allylic oxidation sites excluding steroid dienone is 6. The lowest BCUT2D eigenvalue weighted by molar-refractivity contribution is -0.265. The average molecular weight is 1250 g/mol. The fourth-order valence-electron chi connectivity index (χ4n) is 12.6. The van der Waals surface area contributed by atoms with E-state index in [0.29, 0.717) is 82.7 Å². The number of nitrogens with one attached hydrogen (secondary N) is 1. The molecule has 0 aromatic carbocycles. The largest absolute Gasteiger partial charge is 0.459 e. The van der Waals surface area contributed by atoms with E-state index < -0.39 is 114 Å². The van der Waals surface area contributed by atoms with Gasteiger partial charge in [0.2, 0.25) is 11.7 Å². The van der Waals surface area contributed by atoms with Gasteiger partial charge in [0.25, 0.3) is 11.7 Å². The van der Waals surface area contributed by atoms with Crippen LogP contribution < -0.4 is 16.0 Å². The molecule has 1 aromatic rings. The van der Waals surface area contributed by atoms with Crippen molar-refractivity contribution in [2.75, 3.05) is 84.8 Å². The number of piperidine rings is 1. The number of carbonyl (C=O) groups is 6. The number of carbonyl (C=O) groups excluding carboxylic acids is 6. The first-order valence-corrected chi connectivity index (χ1v) is 32.3. The Morgan fingerprint density at radius 2 is 1.54 bits per heavy atom. The van der Waals surface area contributed by atoms with Crippen LogP contribution in [-0.4, -0.2) is 211 Å². The molecule has 6 N–H and O–H groups in total. The summed E-state index contributed by atoms with van der Waals surface area (Å²) in [6, 6.07) is -2.21. The fraction of sp³-hybridized carbons (Fsp3) is 0.727. The zero-order valence-corrected chi connectivity index (χ0v) is 54.1. The van der Waals surface area contributed by atoms with Crippen LogP contribution in [0.2, 0.25) is 0 Å². The molecule has 15 atom stereocenters. The molecule has 1 aliphatic carbocycles. The van der Waals surface area contributed by atoms with Crippen molar-refractivity contribution in [3.8, 4) is 0 Å². The van der Waals surface area contributed by atoms with Crippen molar-refractivity contribution >= 4 is 41.3 Å². The van der Waals surface area contributed by atoms with E-state index in [0.717, 1.165) is 56.2 Å². The van der Waals surface area contributed by atoms with Gasteiger partial charge in [0, 0.05) is 121 Å². The summed E-state index contributed by atoms with van der Waals surface area (Å²) in [6.45, 7) is 19.2. The Hall–Kier alpha value is -5.34. The highest BCUT2D eigenvalue weighted by Gasteiger charge is 2.53. The zero-order valence-electron chi connectivity index (χ0n) is 54.1. The molecule has 498 valence electrons. The SMILES string of the molecule is CCCOCCOCCN1CCN(c2ncc(CNC(=O)O[C@@H]3CC[C@@H](C[C@@H](N)[C@@H]4CC(=O)[C@H](C)/C=C(\C)[C@@H](O)[C@@H](O)C(=O)[C@H](C)C[C@H](C)/C=C/C=C/C=C(\C)[C@@H](OC)C[C@@H]5CC[C@@H](C)[C@@](O)(O5)C(=O)C(=O)N5CCCC[C@H]5C(=O)O4)C[C@H]3OC)cn2)CC1. The molecule has 5 heterocycles. The van der Waals surface area contributed by atoms with E-state index in [1.54, 1.807) is 40.3 Å². The Balaban J connectivity index is 1.12. The number of fused-ring (bicyclic) bond motifs is 3. The molecule has 0 radical (unpaired) electrons. The van der Waals surface area contributed by atoms with Crippen LogP contribution >= 0.6 is 0 Å². The smallest absolute Gasteiger partial charge is 0.407 e. The highest BCUT2D eigenvalue weighted by atomic mass is 16.6. The number of hydrogen-bond donors (Lipinski definition) is 5. The number of ketones is 3. The van der Waals surface area contributed by atoms with Crippen LogP contribution in [0, 0.1) is 29.6 Å². The second kappa shape index (κ2) is 36.0. The Morgan fingerprint density at radius 3 is 2.24 bits per heavy atom. The Labute approximate surface area is 526 Å². The quantitative estimate of drug-likeness (QED) is 0.0556. The molecule has 4 fully saturated rings. The van der Waals surface area contributed by atoms with Crippen molar-refractivity contribution in [2.45, 2.75) is 199 Å². The number of ether oxygens (including phenoxy) is 7. The van der Waals surface area contributed by atoms with Gasteiger partial charge < -0.3 is 69.3 Å². The number of Topliss-reactive ketones (excluding diaryl/α,β-unsaturated/α-hetero) is 3. The molecule has 0 spiro atoms. The van der Waals surface area contributed by atoms with Gasteiger partial charge in [-0.2, -0.15) is 0 Å². The molecule has 1 saturated carbocycles. The molecule has 0 unspecified atom stereocenters. The number of esters is 1. The molecular weight excluding hydrogens is 1150 g/mol. The molecule has 4 aliphatic heterocycles. The number of aliphatic hydroxyl groups excluding tert-OH is 2. The summed E-state index contributed by atoms with van der Waals surface area (Å²) >= 11 is 0. The number of nitrogens with two attached hydrogens (primary N) is 1. The summed E-state index contributed by atoms with van der Waals surface area (Å²) in [4.78, 5) is 99.3. The first kappa shape index (κ1) is 72.7. The fourth-order valence-corrected chi connectivity index (χ4v) is 12.6. The van der Waals surface area contributed by atoms with Gasteiger partial charge in [-0.05, 0) is 107 Å². The van der Waals surface area contributed by atoms with Crippen LogP contribution in [0.1, 0.15) is 138 Å². The number of methoxy groups -OCH3 is 2. The van der Waals surface area contributed by atoms with E-state index in [4.69, 9.17) is 38.9 Å². The van der Waals surface area contributed by atoms with E-state index in [1.807, 2.05) is 44.2 Å². The molecule has 23 nitrogen and oxygen atoms in total. The Kier molecular flexibility index (Phi) is 29.5. The predicted octanol–water partition coefficient (Wildman–Crippen LogP) is 5.51. The highest BCUT2D eigenvalue weighted by molar-refractivity contribution is 6.39. The number of hydrogen-bond acceptors (Lipinski definition) is 21. The summed E-state index contributed by atoms with van der Waals surface area (Å²) in [5, 5.41) is 37.3. The maximum atomic E-state index is 14.6. The minimum absolute atomic E-state index is 0.0115. The van der Waals surface area contributed by atoms with Crippen molar-refractivity contribution in [2.24, 2.45) is 35.3 Å². The van der Waals surface area contributed by atoms with Crippen molar-refractivity contribution in [3.05, 3.63) is 65.6 Å². The lowest BCUT2D eigenvalue weighted by Gasteiger charge is -2.42. The van der Waals surface area contributed by atoms with Crippen molar-refractivity contribution in [1.82, 2.24) is 25.1 Å². The first-order chi connectivity index (χ1) is 42.6. The van der Waals surface area contributed by atoms with Gasteiger partial charge in [-0.25, -0.2) is 19.6 Å². The minimum atomic E-state index is -2.50. The van der Waals surface area contributed by atoms with Gasteiger partial charge in [-0.15, -0.1) is 0 Å². The van der Waals surface area contributed by atoms with Crippen LogP contribution in [0.25, 0.3) is 0 Å². The highest BCUT2D eigenvalue weighted by Crippen LogP contribution is 2.38. The van der Waals surface area contributed by atoms with E-state index >= 15 is 0 Å². The molecule has 6 rings (SSSR count). The molecule has 23 heteroatoms. The minimum Gasteiger partial charge on any atom is -0.459 e. The van der Waals surface area contributed by atoms with Crippen LogP contribution in [0.4, 0.5) is 10.7 Å². The predicted molar refractivity (Wildman–Crippen MR) is 333 cm³/mol. The van der Waals surface area contributed by atoms with Gasteiger partial charge in [-0.1, -0.05) is 71.1 Å². The summed E-state index contributed by atoms with van der Waals surface area (Å²) in [5.41, 5.74) is 8.73. The molecular formula is C66H103N7O16. The molecule has 2 amide bonds. The molecule has 3 saturated heterocycles. The number of nitrogens with zero attached hydrogens (tertiary/aromatic N) is 5. The van der Waals surface area contributed by atoms with Gasteiger partial charge in [-0.3, -0.25) is 24.1 Å². The molecule has 2 bridgehead atoms. The van der Waals surface area contributed by atoms with Gasteiger partial charge >= 0.3 is 12.1 Å². The topological polar surface area (TPSA) is 301 Å². The third-order valence-corrected chi connectivity index (χ3v) is 18.3. The third kappa shape index (κ3) is 21.4. The second-order valence-corrected chi connectivity index (χ2v) is 25.2. The summed E-state index contributed by atoms with van der Waals surface area (Å²) in [6.07, 6.45) is 11.5. The number of cyclic esters (lactones) is 1. The Bertz CT molecular complexity index is 2580. The van der Waals surface area contributed by atoms with Crippen LogP contribution in [0.3, 0.4) is 0 Å². The van der Waals surface area contributed by atoms with Crippen molar-refractivity contribution in [1.29, 1.82) is 0 Å². The number of amides is 2. The van der Waals surface area contributed by atoms with E-state index in [1.165, 1.54) is 20.1 Å². The van der Waals surface area contributed by atoms with Crippen LogP contribution in [0.5, 0.6) is 0 Å². The van der Waals surface area contributed by atoms with E-state index in [2.05, 4.69) is 32.0 Å². The number of aliphatic hydroxyl groups is 3. The lowest BCUT2D eigenvalue weighted by atomic mass is 9.80. The first-order valence-electron chi connectivity index (χ1n) is 32.3. The van der Waals surface area contributed by atoms with Crippen LogP contribution in [0.15, 0.2) is 60.0 Å². The number of rotatable bonds is 17. The Morgan fingerprint density at radius 1 is 0.820 bits per heavy atom. The molecule has 5 aliphatic rings. The monoisotopic (exact) mass is 1250 g/mol. The van der Waals surface area contributed by atoms with Gasteiger partial charge in [0.1, 0.15) is 36.2 Å². The average Bonchev–Trinajstić information content (AvgIpc) is 3.22. The number of anilines is 1. The van der Waals surface area contributed by atoms with Crippen molar-refractivity contribution < 1.29 is 77.2 Å². The maximum absolute atomic E-state index is 14.6. The normalized spacial score (nSPS) is 33.9. The molecule has 89 heavy (non-hydrogen) atoms. The number of aromatic nitrogens is 2. The lowest BCUT2D eigenvalue weighted by Crippen LogP contribution is -2.61. The third-order valence-electron chi connectivity index (χ3n) is 18.3. The van der Waals surface area contributed by atoms with Crippen molar-refractivity contribution in [3.63, 3.8) is 0 Å². The summed E-state index contributed by atoms with van der Waals surface area (Å²) < 4.78 is 41.3. The van der Waals surface area contributed by atoms with E-state index in [9.17, 15) is 44.1 Å². The number of alkyl carbamates (subject to hydrolysis) is 1. The molecule has 1 aromatic heterocycles. The second-order valence-electron chi connectivity index (χ2n) is 25.2. The number of piperazine rings is 1. The summed E-state index contributed by atoms with van der Waals surface area (Å²) in [5.74, 6) is -8.53. The van der Waals surface area contributed by atoms with Gasteiger partial charge in [0.05, 0.1) is 38.1 Å². The standard InChI is InChI=1S/C66H103N7O16/c1-10-29-85-31-32-86-30-28-71-24-26-72(27-25-71)64-68-39-49(40-69-64)41-70-65(81)88-54-22-20-48(36-57(54)84-9)35-51(67)56-38-53(74)44(4)34-46(6)59(76)60(77)58(75)45(5)33-42(2)16-12-11-13-17-43(3)55(83-8)37-50-21-19-47(7)66(82,89-50)61(78)62(79)73-23-15-14-18-52(73)63(80)87-56/h11-13,16-17,34,39-40,42,44-45,47-48,50-52,54-57,59-60,76-77,82H,10,14-15,18-33,35-38,41,67H2,1-9H3,(H,70,81)/b13-11+,16-12+,43-17+,46-34+/t42-,44-,45-,47-,48+,50+,51-,52+,54-,55+,56+,57-,59-,60+,66-/m1/s1. The van der Waals surface area contributed by atoms with Crippen LogP contribution in [-0.2, 0) is 63.7 Å². The van der Waals surface area contributed by atoms with E-state index in [-0.39, 0.29) is 56.2 Å². The summed E-state index contributed by atoms with van der Waals surface area (Å²) in [7, 11) is 3.08. The zero-order chi connectivity index (χ0) is 64.8. The maximum Gasteiger partial charge on any atom is 0.407 e. The van der Waals surface area contributed by atoms with Gasteiger partial charge in [0.15, 0.2) is 5.78 Å².